The zero-order valence-electron chi connectivity index (χ0n) is 9.37. The molecule has 0 aliphatic heterocycles. The first-order chi connectivity index (χ1) is 7.91. The number of halogens is 3. The van der Waals surface area contributed by atoms with Gasteiger partial charge in [0.25, 0.3) is 0 Å². The summed E-state index contributed by atoms with van der Waals surface area (Å²) >= 11 is 0. The van der Waals surface area contributed by atoms with Crippen LogP contribution in [0.2, 0.25) is 0 Å². The molecule has 4 nitrogen and oxygen atoms in total. The molecule has 0 unspecified atom stereocenters. The van der Waals surface area contributed by atoms with Crippen LogP contribution in [-0.4, -0.2) is 22.5 Å². The standard InChI is InChI=1S/C10H14F3N3O/c1-2-17-7-3-6(4-7)16-5-8(14)9(15-16)10(11,12)13/h5-7H,2-4,14H2,1H3/t6-,7+. The van der Waals surface area contributed by atoms with E-state index in [9.17, 15) is 13.2 Å². The zero-order chi connectivity index (χ0) is 12.6. The van der Waals surface area contributed by atoms with Gasteiger partial charge < -0.3 is 10.5 Å². The highest BCUT2D eigenvalue weighted by molar-refractivity contribution is 5.42. The van der Waals surface area contributed by atoms with Crippen LogP contribution in [0.4, 0.5) is 18.9 Å². The Kier molecular flexibility index (Phi) is 3.03. The summed E-state index contributed by atoms with van der Waals surface area (Å²) in [5.74, 6) is 0. The van der Waals surface area contributed by atoms with Crippen molar-refractivity contribution >= 4 is 5.69 Å². The number of alkyl halides is 3. The maximum Gasteiger partial charge on any atom is 0.437 e. The molecule has 1 saturated carbocycles. The summed E-state index contributed by atoms with van der Waals surface area (Å²) in [7, 11) is 0. The summed E-state index contributed by atoms with van der Waals surface area (Å²) in [6.07, 6.45) is -1.74. The quantitative estimate of drug-likeness (QED) is 0.893. The highest BCUT2D eigenvalue weighted by Crippen LogP contribution is 2.37. The molecule has 96 valence electrons. The van der Waals surface area contributed by atoms with Gasteiger partial charge in [-0.05, 0) is 19.8 Å². The number of nitrogen functional groups attached to an aromatic ring is 1. The van der Waals surface area contributed by atoms with Gasteiger partial charge in [0.15, 0.2) is 5.69 Å². The smallest absolute Gasteiger partial charge is 0.396 e. The average Bonchev–Trinajstić information content (AvgIpc) is 2.52. The van der Waals surface area contributed by atoms with Crippen molar-refractivity contribution in [3.05, 3.63) is 11.9 Å². The van der Waals surface area contributed by atoms with Gasteiger partial charge >= 0.3 is 6.18 Å². The largest absolute Gasteiger partial charge is 0.437 e. The third kappa shape index (κ3) is 2.38. The Morgan fingerprint density at radius 2 is 2.18 bits per heavy atom. The Bertz CT molecular complexity index is 396. The predicted molar refractivity (Wildman–Crippen MR) is 55.3 cm³/mol. The minimum absolute atomic E-state index is 0.0371. The van der Waals surface area contributed by atoms with Crippen molar-refractivity contribution in [1.29, 1.82) is 0 Å². The van der Waals surface area contributed by atoms with Gasteiger partial charge in [0.2, 0.25) is 0 Å². The summed E-state index contributed by atoms with van der Waals surface area (Å²) in [4.78, 5) is 0. The Balaban J connectivity index is 2.05. The van der Waals surface area contributed by atoms with Crippen molar-refractivity contribution in [2.24, 2.45) is 0 Å². The first-order valence-electron chi connectivity index (χ1n) is 5.45. The van der Waals surface area contributed by atoms with Gasteiger partial charge in [0, 0.05) is 12.8 Å². The molecule has 1 aromatic rings. The number of nitrogens with zero attached hydrogens (tertiary/aromatic N) is 2. The van der Waals surface area contributed by atoms with E-state index in [0.29, 0.717) is 19.4 Å². The fourth-order valence-corrected chi connectivity index (χ4v) is 1.94. The van der Waals surface area contributed by atoms with Crippen molar-refractivity contribution < 1.29 is 17.9 Å². The molecule has 1 fully saturated rings. The van der Waals surface area contributed by atoms with E-state index >= 15 is 0 Å². The number of aromatic nitrogens is 2. The minimum Gasteiger partial charge on any atom is -0.396 e. The summed E-state index contributed by atoms with van der Waals surface area (Å²) in [5, 5.41) is 3.51. The van der Waals surface area contributed by atoms with Gasteiger partial charge in [-0.1, -0.05) is 0 Å². The fourth-order valence-electron chi connectivity index (χ4n) is 1.94. The normalized spacial score (nSPS) is 24.7. The zero-order valence-corrected chi connectivity index (χ0v) is 9.37. The molecule has 2 N–H and O–H groups in total. The van der Waals surface area contributed by atoms with Gasteiger partial charge in [0.1, 0.15) is 0 Å². The van der Waals surface area contributed by atoms with Gasteiger partial charge in [-0.25, -0.2) is 0 Å². The Labute approximate surface area is 96.5 Å². The van der Waals surface area contributed by atoms with E-state index in [1.807, 2.05) is 6.92 Å². The summed E-state index contributed by atoms with van der Waals surface area (Å²) in [5.41, 5.74) is 3.98. The van der Waals surface area contributed by atoms with E-state index in [4.69, 9.17) is 10.5 Å². The summed E-state index contributed by atoms with van der Waals surface area (Å²) in [6.45, 7) is 2.51. The molecule has 1 heterocycles. The molecule has 0 atom stereocenters. The number of hydrogen-bond acceptors (Lipinski definition) is 3. The number of rotatable bonds is 3. The molecule has 7 heteroatoms. The molecular formula is C10H14F3N3O. The predicted octanol–water partition coefficient (Wildman–Crippen LogP) is 2.22. The molecule has 1 aliphatic carbocycles. The molecule has 0 aromatic carbocycles. The van der Waals surface area contributed by atoms with E-state index in [1.165, 1.54) is 10.9 Å². The number of anilines is 1. The maximum absolute atomic E-state index is 12.5. The lowest BCUT2D eigenvalue weighted by Crippen LogP contribution is -2.33. The molecule has 0 bridgehead atoms. The van der Waals surface area contributed by atoms with Crippen LogP contribution in [0.15, 0.2) is 6.20 Å². The second kappa shape index (κ2) is 4.21. The van der Waals surface area contributed by atoms with Gasteiger partial charge in [-0.3, -0.25) is 4.68 Å². The molecule has 0 saturated heterocycles. The van der Waals surface area contributed by atoms with E-state index in [-0.39, 0.29) is 17.8 Å². The molecule has 0 spiro atoms. The number of nitrogens with two attached hydrogens (primary N) is 1. The second-order valence-electron chi connectivity index (χ2n) is 4.11. The van der Waals surface area contributed by atoms with E-state index < -0.39 is 11.9 Å². The summed E-state index contributed by atoms with van der Waals surface area (Å²) in [6, 6.07) is -0.0371. The van der Waals surface area contributed by atoms with Crippen LogP contribution in [0.5, 0.6) is 0 Å². The van der Waals surface area contributed by atoms with Crippen LogP contribution >= 0.6 is 0 Å². The van der Waals surface area contributed by atoms with Crippen LogP contribution in [0, 0.1) is 0 Å². The van der Waals surface area contributed by atoms with E-state index in [0.717, 1.165) is 0 Å². The average molecular weight is 249 g/mol. The first-order valence-corrected chi connectivity index (χ1v) is 5.45. The van der Waals surface area contributed by atoms with Crippen molar-refractivity contribution in [2.75, 3.05) is 12.3 Å². The van der Waals surface area contributed by atoms with E-state index in [2.05, 4.69) is 5.10 Å². The van der Waals surface area contributed by atoms with Crippen LogP contribution < -0.4 is 5.73 Å². The third-order valence-corrected chi connectivity index (χ3v) is 2.88. The Morgan fingerprint density at radius 1 is 1.53 bits per heavy atom. The number of hydrogen-bond donors (Lipinski definition) is 1. The minimum atomic E-state index is -4.49. The lowest BCUT2D eigenvalue weighted by Gasteiger charge is -2.34. The second-order valence-corrected chi connectivity index (χ2v) is 4.11. The highest BCUT2D eigenvalue weighted by Gasteiger charge is 2.39. The Hall–Kier alpha value is -1.24. The molecular weight excluding hydrogens is 235 g/mol. The van der Waals surface area contributed by atoms with Crippen LogP contribution in [0.1, 0.15) is 31.5 Å². The topological polar surface area (TPSA) is 53.1 Å². The third-order valence-electron chi connectivity index (χ3n) is 2.88. The van der Waals surface area contributed by atoms with Crippen LogP contribution in [0.25, 0.3) is 0 Å². The lowest BCUT2D eigenvalue weighted by molar-refractivity contribution is -0.141. The molecule has 1 aromatic heterocycles. The maximum atomic E-state index is 12.5. The van der Waals surface area contributed by atoms with Crippen molar-refractivity contribution in [3.8, 4) is 0 Å². The molecule has 1 aliphatic rings. The molecule has 0 amide bonds. The first kappa shape index (κ1) is 12.2. The summed E-state index contributed by atoms with van der Waals surface area (Å²) < 4.78 is 44.0. The van der Waals surface area contributed by atoms with E-state index in [1.54, 1.807) is 0 Å². The fraction of sp³-hybridized carbons (Fsp3) is 0.700. The van der Waals surface area contributed by atoms with Crippen LogP contribution in [-0.2, 0) is 10.9 Å². The number of ether oxygens (including phenoxy) is 1. The van der Waals surface area contributed by atoms with Crippen LogP contribution in [0.3, 0.4) is 0 Å². The lowest BCUT2D eigenvalue weighted by atomic mass is 9.89. The molecule has 17 heavy (non-hydrogen) atoms. The van der Waals surface area contributed by atoms with Crippen molar-refractivity contribution in [2.45, 2.75) is 38.1 Å². The molecule has 2 rings (SSSR count). The SMILES string of the molecule is CCO[C@H]1C[C@@H](n2cc(N)c(C(F)(F)F)n2)C1. The van der Waals surface area contributed by atoms with Gasteiger partial charge in [-0.2, -0.15) is 18.3 Å². The van der Waals surface area contributed by atoms with Gasteiger partial charge in [-0.15, -0.1) is 0 Å². The van der Waals surface area contributed by atoms with Crippen molar-refractivity contribution in [1.82, 2.24) is 9.78 Å². The van der Waals surface area contributed by atoms with Gasteiger partial charge in [0.05, 0.1) is 17.8 Å². The Morgan fingerprint density at radius 3 is 2.65 bits per heavy atom. The van der Waals surface area contributed by atoms with Crippen molar-refractivity contribution in [3.63, 3.8) is 0 Å². The monoisotopic (exact) mass is 249 g/mol. The molecule has 0 radical (unpaired) electrons. The highest BCUT2D eigenvalue weighted by atomic mass is 19.4.